The molecule has 0 atom stereocenters. The zero-order valence-corrected chi connectivity index (χ0v) is 21.7. The number of piperidine rings is 1. The molecule has 2 heterocycles. The Balaban J connectivity index is 0.00000289. The van der Waals surface area contributed by atoms with E-state index in [0.29, 0.717) is 11.8 Å². The van der Waals surface area contributed by atoms with Crippen molar-refractivity contribution < 1.29 is 4.79 Å². The van der Waals surface area contributed by atoms with Crippen LogP contribution in [-0.4, -0.2) is 86.0 Å². The second-order valence-corrected chi connectivity index (χ2v) is 8.97. The number of nitrogens with zero attached hydrogens (tertiary/aromatic N) is 4. The van der Waals surface area contributed by atoms with Gasteiger partial charge in [-0.15, -0.1) is 24.0 Å². The van der Waals surface area contributed by atoms with Crippen LogP contribution in [0.2, 0.25) is 0 Å². The van der Waals surface area contributed by atoms with E-state index in [0.717, 1.165) is 84.0 Å². The molecule has 1 aliphatic carbocycles. The van der Waals surface area contributed by atoms with Gasteiger partial charge in [0.15, 0.2) is 5.96 Å². The van der Waals surface area contributed by atoms with Crippen LogP contribution in [-0.2, 0) is 4.79 Å². The van der Waals surface area contributed by atoms with Crippen LogP contribution in [0.5, 0.6) is 0 Å². The minimum atomic E-state index is 0. The van der Waals surface area contributed by atoms with Gasteiger partial charge in [-0.05, 0) is 31.2 Å². The molecule has 3 fully saturated rings. The lowest BCUT2D eigenvalue weighted by Gasteiger charge is -2.38. The fraction of sp³-hybridized carbons (Fsp3) is 0.600. The maximum Gasteiger partial charge on any atom is 0.225 e. The maximum atomic E-state index is 12.4. The minimum Gasteiger partial charge on any atom is -0.355 e. The van der Waals surface area contributed by atoms with Gasteiger partial charge >= 0.3 is 0 Å². The highest BCUT2D eigenvalue weighted by molar-refractivity contribution is 14.0. The van der Waals surface area contributed by atoms with Gasteiger partial charge in [0.1, 0.15) is 0 Å². The second-order valence-electron chi connectivity index (χ2n) is 8.97. The number of amides is 1. The van der Waals surface area contributed by atoms with Crippen LogP contribution in [0, 0.1) is 5.92 Å². The smallest absolute Gasteiger partial charge is 0.225 e. The molecule has 6 nitrogen and oxygen atoms in total. The molecular weight excluding hydrogens is 513 g/mol. The molecule has 32 heavy (non-hydrogen) atoms. The van der Waals surface area contributed by atoms with E-state index in [1.165, 1.54) is 17.6 Å². The van der Waals surface area contributed by atoms with Crippen molar-refractivity contribution in [1.82, 2.24) is 20.0 Å². The predicted molar refractivity (Wildman–Crippen MR) is 142 cm³/mol. The highest BCUT2D eigenvalue weighted by Crippen LogP contribution is 2.28. The number of halogens is 1. The summed E-state index contributed by atoms with van der Waals surface area (Å²) in [4.78, 5) is 23.8. The summed E-state index contributed by atoms with van der Waals surface area (Å²) in [5.41, 5.74) is 2.81. The van der Waals surface area contributed by atoms with Gasteiger partial charge in [-0.1, -0.05) is 48.4 Å². The van der Waals surface area contributed by atoms with Crippen molar-refractivity contribution in [1.29, 1.82) is 0 Å². The monoisotopic (exact) mass is 551 g/mol. The van der Waals surface area contributed by atoms with E-state index < -0.39 is 0 Å². The molecule has 3 aliphatic rings. The average molecular weight is 552 g/mol. The number of benzene rings is 1. The Labute approximate surface area is 210 Å². The van der Waals surface area contributed by atoms with E-state index in [9.17, 15) is 4.79 Å². The number of rotatable bonds is 5. The normalized spacial score (nSPS) is 20.4. The van der Waals surface area contributed by atoms with Crippen molar-refractivity contribution in [3.63, 3.8) is 0 Å². The first-order valence-electron chi connectivity index (χ1n) is 11.9. The number of hydrogen-bond donors (Lipinski definition) is 1. The summed E-state index contributed by atoms with van der Waals surface area (Å²) in [6.07, 6.45) is 7.94. The van der Waals surface area contributed by atoms with Crippen molar-refractivity contribution in [2.75, 3.05) is 59.4 Å². The number of aliphatic imine (C=N–C) groups is 1. The summed E-state index contributed by atoms with van der Waals surface area (Å²) in [5.74, 6) is 1.73. The van der Waals surface area contributed by atoms with Gasteiger partial charge in [0, 0.05) is 65.3 Å². The first-order chi connectivity index (χ1) is 15.2. The van der Waals surface area contributed by atoms with E-state index in [1.807, 2.05) is 7.05 Å². The predicted octanol–water partition coefficient (Wildman–Crippen LogP) is 3.30. The molecule has 0 bridgehead atoms. The van der Waals surface area contributed by atoms with Crippen LogP contribution in [0.1, 0.15) is 37.7 Å². The molecule has 0 aromatic heterocycles. The van der Waals surface area contributed by atoms with E-state index in [-0.39, 0.29) is 24.0 Å². The number of piperazine rings is 1. The maximum absolute atomic E-state index is 12.4. The highest BCUT2D eigenvalue weighted by Gasteiger charge is 2.31. The SMILES string of the molecule is CN=C(NCCN1CCN(C(=O)C2CCC2)CC1)N1CCC(=Cc2ccccc2)CC1.I. The molecule has 1 amide bonds. The fourth-order valence-electron chi connectivity index (χ4n) is 4.70. The van der Waals surface area contributed by atoms with Crippen molar-refractivity contribution in [3.8, 4) is 0 Å². The first-order valence-corrected chi connectivity index (χ1v) is 11.9. The molecule has 7 heteroatoms. The Kier molecular flexibility index (Phi) is 9.84. The molecule has 1 aromatic carbocycles. The summed E-state index contributed by atoms with van der Waals surface area (Å²) >= 11 is 0. The number of likely N-dealkylation sites (tertiary alicyclic amines) is 1. The fourth-order valence-corrected chi connectivity index (χ4v) is 4.70. The first kappa shape index (κ1) is 25.0. The van der Waals surface area contributed by atoms with Gasteiger partial charge in [0.05, 0.1) is 0 Å². The molecule has 1 N–H and O–H groups in total. The largest absolute Gasteiger partial charge is 0.355 e. The quantitative estimate of drug-likeness (QED) is 0.347. The summed E-state index contributed by atoms with van der Waals surface area (Å²) in [6, 6.07) is 10.6. The molecule has 1 aromatic rings. The van der Waals surface area contributed by atoms with Crippen LogP contribution in [0.3, 0.4) is 0 Å². The lowest BCUT2D eigenvalue weighted by Crippen LogP contribution is -2.53. The number of hydrogen-bond acceptors (Lipinski definition) is 3. The van der Waals surface area contributed by atoms with Crippen molar-refractivity contribution in [2.45, 2.75) is 32.1 Å². The molecule has 2 saturated heterocycles. The summed E-state index contributed by atoms with van der Waals surface area (Å²) < 4.78 is 0. The molecule has 176 valence electrons. The Bertz CT molecular complexity index is 775. The van der Waals surface area contributed by atoms with Crippen molar-refractivity contribution in [3.05, 3.63) is 41.5 Å². The van der Waals surface area contributed by atoms with E-state index in [1.54, 1.807) is 0 Å². The van der Waals surface area contributed by atoms with E-state index in [4.69, 9.17) is 0 Å². The van der Waals surface area contributed by atoms with Gasteiger partial charge in [0.25, 0.3) is 0 Å². The van der Waals surface area contributed by atoms with Gasteiger partial charge in [-0.25, -0.2) is 0 Å². The van der Waals surface area contributed by atoms with Crippen molar-refractivity contribution in [2.24, 2.45) is 10.9 Å². The Morgan fingerprint density at radius 2 is 1.72 bits per heavy atom. The van der Waals surface area contributed by atoms with Crippen LogP contribution < -0.4 is 5.32 Å². The molecule has 2 aliphatic heterocycles. The zero-order chi connectivity index (χ0) is 21.5. The zero-order valence-electron chi connectivity index (χ0n) is 19.3. The Morgan fingerprint density at radius 3 is 2.31 bits per heavy atom. The summed E-state index contributed by atoms with van der Waals surface area (Å²) in [6.45, 7) is 7.65. The highest BCUT2D eigenvalue weighted by atomic mass is 127. The standard InChI is InChI=1S/C25H37N5O.HI/c1-26-25(30-13-10-22(11-14-30)20-21-6-3-2-4-7-21)27-12-15-28-16-18-29(19-17-28)24(31)23-8-5-9-23;/h2-4,6-7,20,23H,5,8-19H2,1H3,(H,26,27);1H. The molecule has 0 unspecified atom stereocenters. The van der Waals surface area contributed by atoms with Crippen LogP contribution in [0.15, 0.2) is 40.9 Å². The van der Waals surface area contributed by atoms with Gasteiger partial charge in [-0.2, -0.15) is 0 Å². The topological polar surface area (TPSA) is 51.2 Å². The number of carbonyl (C=O) groups excluding carboxylic acids is 1. The van der Waals surface area contributed by atoms with E-state index >= 15 is 0 Å². The van der Waals surface area contributed by atoms with E-state index in [2.05, 4.69) is 61.4 Å². The van der Waals surface area contributed by atoms with Gasteiger partial charge in [-0.3, -0.25) is 14.7 Å². The average Bonchev–Trinajstić information content (AvgIpc) is 2.77. The van der Waals surface area contributed by atoms with Crippen LogP contribution in [0.4, 0.5) is 0 Å². The number of carbonyl (C=O) groups is 1. The van der Waals surface area contributed by atoms with Crippen LogP contribution >= 0.6 is 24.0 Å². The van der Waals surface area contributed by atoms with Crippen LogP contribution in [0.25, 0.3) is 6.08 Å². The number of guanidine groups is 1. The Hall–Kier alpha value is -1.61. The molecular formula is C25H38IN5O. The van der Waals surface area contributed by atoms with Gasteiger partial charge < -0.3 is 15.1 Å². The third-order valence-corrected chi connectivity index (χ3v) is 6.94. The summed E-state index contributed by atoms with van der Waals surface area (Å²) in [5, 5.41) is 3.56. The second kappa shape index (κ2) is 12.6. The lowest BCUT2D eigenvalue weighted by atomic mass is 9.84. The van der Waals surface area contributed by atoms with Gasteiger partial charge in [0.2, 0.25) is 5.91 Å². The number of nitrogens with one attached hydrogen (secondary N) is 1. The minimum absolute atomic E-state index is 0. The molecule has 1 saturated carbocycles. The third kappa shape index (κ3) is 6.70. The molecule has 4 rings (SSSR count). The lowest BCUT2D eigenvalue weighted by molar-refractivity contribution is -0.139. The Morgan fingerprint density at radius 1 is 1.03 bits per heavy atom. The summed E-state index contributed by atoms with van der Waals surface area (Å²) in [7, 11) is 1.88. The van der Waals surface area contributed by atoms with Crippen molar-refractivity contribution >= 4 is 41.9 Å². The third-order valence-electron chi connectivity index (χ3n) is 6.94. The molecule has 0 radical (unpaired) electrons. The molecule has 0 spiro atoms.